The van der Waals surface area contributed by atoms with Gasteiger partial charge in [0.05, 0.1) is 6.54 Å². The summed E-state index contributed by atoms with van der Waals surface area (Å²) < 4.78 is 5.56. The van der Waals surface area contributed by atoms with Crippen molar-refractivity contribution in [3.8, 4) is 0 Å². The Morgan fingerprint density at radius 2 is 2.05 bits per heavy atom. The molecular formula is C17H21ClN2O. The van der Waals surface area contributed by atoms with Crippen LogP contribution in [0.4, 0.5) is 5.69 Å². The standard InChI is InChI=1S/C17H21ClN2O/c1-13-2-7-17(21-13)11-19-10-14-8-9-20(12-14)16-5-3-15(18)4-6-16/h2-7,14,19H,8-12H2,1H3. The summed E-state index contributed by atoms with van der Waals surface area (Å²) in [4.78, 5) is 2.43. The Balaban J connectivity index is 1.45. The van der Waals surface area contributed by atoms with Crippen LogP contribution in [0, 0.1) is 12.8 Å². The number of aryl methyl sites for hydroxylation is 1. The summed E-state index contributed by atoms with van der Waals surface area (Å²) >= 11 is 5.94. The molecule has 1 unspecified atom stereocenters. The predicted octanol–water partition coefficient (Wildman–Crippen LogP) is 3.86. The van der Waals surface area contributed by atoms with Crippen LogP contribution in [0.1, 0.15) is 17.9 Å². The lowest BCUT2D eigenvalue weighted by Crippen LogP contribution is -2.26. The Labute approximate surface area is 130 Å². The van der Waals surface area contributed by atoms with Crippen molar-refractivity contribution in [3.63, 3.8) is 0 Å². The molecule has 1 aromatic heterocycles. The van der Waals surface area contributed by atoms with Gasteiger partial charge in [0.1, 0.15) is 11.5 Å². The molecule has 0 saturated carbocycles. The zero-order valence-corrected chi connectivity index (χ0v) is 13.1. The van der Waals surface area contributed by atoms with E-state index >= 15 is 0 Å². The normalized spacial score (nSPS) is 18.4. The third-order valence-corrected chi connectivity index (χ3v) is 4.26. The second kappa shape index (κ2) is 6.54. The van der Waals surface area contributed by atoms with Gasteiger partial charge in [-0.25, -0.2) is 0 Å². The zero-order valence-electron chi connectivity index (χ0n) is 12.3. The number of anilines is 1. The first kappa shape index (κ1) is 14.5. The van der Waals surface area contributed by atoms with Crippen LogP contribution in [-0.2, 0) is 6.54 Å². The van der Waals surface area contributed by atoms with E-state index in [2.05, 4.69) is 22.3 Å². The molecule has 3 nitrogen and oxygen atoms in total. The minimum Gasteiger partial charge on any atom is -0.465 e. The van der Waals surface area contributed by atoms with E-state index < -0.39 is 0 Å². The van der Waals surface area contributed by atoms with Crippen LogP contribution >= 0.6 is 11.6 Å². The number of halogens is 1. The molecule has 0 radical (unpaired) electrons. The third kappa shape index (κ3) is 3.80. The highest BCUT2D eigenvalue weighted by Crippen LogP contribution is 2.24. The van der Waals surface area contributed by atoms with Crippen LogP contribution in [0.25, 0.3) is 0 Å². The van der Waals surface area contributed by atoms with Gasteiger partial charge in [-0.2, -0.15) is 0 Å². The molecule has 0 amide bonds. The van der Waals surface area contributed by atoms with Crippen molar-refractivity contribution in [2.75, 3.05) is 24.5 Å². The van der Waals surface area contributed by atoms with Gasteiger partial charge < -0.3 is 14.6 Å². The summed E-state index contributed by atoms with van der Waals surface area (Å²) in [5.74, 6) is 2.68. The predicted molar refractivity (Wildman–Crippen MR) is 86.9 cm³/mol. The third-order valence-electron chi connectivity index (χ3n) is 4.01. The second-order valence-corrected chi connectivity index (χ2v) is 6.16. The molecule has 0 aliphatic carbocycles. The molecule has 1 atom stereocenters. The van der Waals surface area contributed by atoms with Crippen LogP contribution < -0.4 is 10.2 Å². The van der Waals surface area contributed by atoms with Crippen LogP contribution in [0.5, 0.6) is 0 Å². The van der Waals surface area contributed by atoms with Crippen molar-refractivity contribution in [2.45, 2.75) is 19.9 Å². The van der Waals surface area contributed by atoms with Crippen molar-refractivity contribution in [3.05, 3.63) is 52.9 Å². The fraction of sp³-hybridized carbons (Fsp3) is 0.412. The summed E-state index contributed by atoms with van der Waals surface area (Å²) in [5.41, 5.74) is 1.27. The first-order valence-electron chi connectivity index (χ1n) is 7.47. The summed E-state index contributed by atoms with van der Waals surface area (Å²) in [7, 11) is 0. The summed E-state index contributed by atoms with van der Waals surface area (Å²) in [6.45, 7) is 6.04. The van der Waals surface area contributed by atoms with Crippen LogP contribution in [-0.4, -0.2) is 19.6 Å². The number of nitrogens with zero attached hydrogens (tertiary/aromatic N) is 1. The Morgan fingerprint density at radius 1 is 1.24 bits per heavy atom. The monoisotopic (exact) mass is 304 g/mol. The maximum absolute atomic E-state index is 5.94. The van der Waals surface area contributed by atoms with E-state index in [1.807, 2.05) is 31.2 Å². The highest BCUT2D eigenvalue weighted by molar-refractivity contribution is 6.30. The van der Waals surface area contributed by atoms with Gasteiger partial charge in [-0.3, -0.25) is 0 Å². The molecule has 3 rings (SSSR count). The molecule has 21 heavy (non-hydrogen) atoms. The number of hydrogen-bond donors (Lipinski definition) is 1. The smallest absolute Gasteiger partial charge is 0.117 e. The van der Waals surface area contributed by atoms with Gasteiger partial charge >= 0.3 is 0 Å². The van der Waals surface area contributed by atoms with E-state index in [9.17, 15) is 0 Å². The minimum atomic E-state index is 0.691. The zero-order chi connectivity index (χ0) is 14.7. The molecule has 0 bridgehead atoms. The lowest BCUT2D eigenvalue weighted by Gasteiger charge is -2.18. The second-order valence-electron chi connectivity index (χ2n) is 5.72. The Bertz CT molecular complexity index is 579. The molecule has 4 heteroatoms. The van der Waals surface area contributed by atoms with Crippen molar-refractivity contribution in [1.29, 1.82) is 0 Å². The molecule has 1 aromatic carbocycles. The molecule has 1 saturated heterocycles. The first-order valence-corrected chi connectivity index (χ1v) is 7.85. The molecule has 1 aliphatic heterocycles. The van der Waals surface area contributed by atoms with Gasteiger partial charge in [-0.15, -0.1) is 0 Å². The fourth-order valence-corrected chi connectivity index (χ4v) is 2.99. The van der Waals surface area contributed by atoms with Gasteiger partial charge in [0, 0.05) is 30.3 Å². The molecule has 2 heterocycles. The number of benzene rings is 1. The summed E-state index contributed by atoms with van der Waals surface area (Å²) in [6.07, 6.45) is 1.23. The van der Waals surface area contributed by atoms with Gasteiger partial charge in [-0.05, 0) is 55.7 Å². The largest absolute Gasteiger partial charge is 0.465 e. The molecule has 112 valence electrons. The Morgan fingerprint density at radius 3 is 2.76 bits per heavy atom. The summed E-state index contributed by atoms with van der Waals surface area (Å²) in [6, 6.07) is 12.2. The molecule has 0 spiro atoms. The number of rotatable bonds is 5. The van der Waals surface area contributed by atoms with Gasteiger partial charge in [0.25, 0.3) is 0 Å². The molecule has 1 aliphatic rings. The van der Waals surface area contributed by atoms with E-state index in [0.29, 0.717) is 5.92 Å². The lowest BCUT2D eigenvalue weighted by atomic mass is 10.1. The SMILES string of the molecule is Cc1ccc(CNCC2CCN(c3ccc(Cl)cc3)C2)o1. The van der Waals surface area contributed by atoms with Gasteiger partial charge in [0.15, 0.2) is 0 Å². The van der Waals surface area contributed by atoms with E-state index in [1.165, 1.54) is 12.1 Å². The van der Waals surface area contributed by atoms with Crippen molar-refractivity contribution < 1.29 is 4.42 Å². The maximum atomic E-state index is 5.94. The molecule has 1 fully saturated rings. The molecule has 2 aromatic rings. The van der Waals surface area contributed by atoms with Gasteiger partial charge in [0.2, 0.25) is 0 Å². The van der Waals surface area contributed by atoms with E-state index in [-0.39, 0.29) is 0 Å². The Kier molecular flexibility index (Phi) is 4.51. The average molecular weight is 305 g/mol. The fourth-order valence-electron chi connectivity index (χ4n) is 2.87. The Hall–Kier alpha value is -1.45. The molecular weight excluding hydrogens is 284 g/mol. The summed E-state index contributed by atoms with van der Waals surface area (Å²) in [5, 5.41) is 4.29. The number of hydrogen-bond acceptors (Lipinski definition) is 3. The van der Waals surface area contributed by atoms with Crippen molar-refractivity contribution >= 4 is 17.3 Å². The highest BCUT2D eigenvalue weighted by atomic mass is 35.5. The number of nitrogens with one attached hydrogen (secondary N) is 1. The van der Waals surface area contributed by atoms with Gasteiger partial charge in [-0.1, -0.05) is 11.6 Å². The number of furan rings is 1. The van der Waals surface area contributed by atoms with E-state index in [4.69, 9.17) is 16.0 Å². The van der Waals surface area contributed by atoms with Crippen LogP contribution in [0.15, 0.2) is 40.8 Å². The topological polar surface area (TPSA) is 28.4 Å². The highest BCUT2D eigenvalue weighted by Gasteiger charge is 2.22. The van der Waals surface area contributed by atoms with E-state index in [0.717, 1.165) is 42.7 Å². The van der Waals surface area contributed by atoms with Crippen molar-refractivity contribution in [2.24, 2.45) is 5.92 Å². The average Bonchev–Trinajstić information content (AvgIpc) is 3.09. The van der Waals surface area contributed by atoms with Crippen molar-refractivity contribution in [1.82, 2.24) is 5.32 Å². The van der Waals surface area contributed by atoms with E-state index in [1.54, 1.807) is 0 Å². The van der Waals surface area contributed by atoms with Crippen LogP contribution in [0.3, 0.4) is 0 Å². The maximum Gasteiger partial charge on any atom is 0.117 e. The minimum absolute atomic E-state index is 0.691. The quantitative estimate of drug-likeness (QED) is 0.909. The van der Waals surface area contributed by atoms with Crippen LogP contribution in [0.2, 0.25) is 5.02 Å². The first-order chi connectivity index (χ1) is 10.2. The molecule has 1 N–H and O–H groups in total. The lowest BCUT2D eigenvalue weighted by molar-refractivity contribution is 0.441.